The molecule has 0 bridgehead atoms. The summed E-state index contributed by atoms with van der Waals surface area (Å²) in [6.07, 6.45) is -0.569. The lowest BCUT2D eigenvalue weighted by atomic mass is 9.96. The Kier molecular flexibility index (Phi) is 9.00. The molecule has 1 heterocycles. The van der Waals surface area contributed by atoms with Gasteiger partial charge in [0.25, 0.3) is 0 Å². The van der Waals surface area contributed by atoms with Gasteiger partial charge in [-0.3, -0.25) is 0 Å². The Bertz CT molecular complexity index is 491. The van der Waals surface area contributed by atoms with E-state index in [4.69, 9.17) is 22.4 Å². The first-order valence-corrected chi connectivity index (χ1v) is 24.2. The van der Waals surface area contributed by atoms with E-state index in [-0.39, 0.29) is 30.5 Å². The van der Waals surface area contributed by atoms with Crippen LogP contribution in [0.25, 0.3) is 0 Å². The summed E-state index contributed by atoms with van der Waals surface area (Å²) in [5, 5.41) is 0. The van der Waals surface area contributed by atoms with Gasteiger partial charge in [-0.2, -0.15) is 0 Å². The predicted octanol–water partition coefficient (Wildman–Crippen LogP) is 5.29. The minimum atomic E-state index is -1.82. The van der Waals surface area contributed by atoms with Gasteiger partial charge >= 0.3 is 0 Å². The van der Waals surface area contributed by atoms with E-state index < -0.39 is 33.3 Å². The number of hydrogen-bond donors (Lipinski definition) is 0. The van der Waals surface area contributed by atoms with Crippen molar-refractivity contribution in [2.24, 2.45) is 0 Å². The van der Waals surface area contributed by atoms with Crippen molar-refractivity contribution >= 4 is 33.3 Å². The Morgan fingerprint density at radius 2 is 0.964 bits per heavy atom. The van der Waals surface area contributed by atoms with E-state index in [0.29, 0.717) is 6.61 Å². The van der Waals surface area contributed by atoms with Crippen molar-refractivity contribution < 1.29 is 22.4 Å². The Balaban J connectivity index is 3.26. The Morgan fingerprint density at radius 3 is 1.36 bits per heavy atom. The zero-order valence-corrected chi connectivity index (χ0v) is 24.6. The summed E-state index contributed by atoms with van der Waals surface area (Å²) in [7, 11) is -7.07. The molecule has 1 fully saturated rings. The van der Waals surface area contributed by atoms with Gasteiger partial charge in [-0.15, -0.1) is 0 Å². The molecule has 1 saturated heterocycles. The monoisotopic (exact) mass is 466 g/mol. The SMILES string of the molecule is C[C@@H]1OC(CO[Si](C)(C)C)[C@@H](O[Si](C)(C)C)[C@H](O[Si](C)(C)C)C1O[Si](C)(C)C. The van der Waals surface area contributed by atoms with E-state index in [0.717, 1.165) is 0 Å². The lowest BCUT2D eigenvalue weighted by molar-refractivity contribution is -0.208. The van der Waals surface area contributed by atoms with Gasteiger partial charge in [0.05, 0.1) is 24.9 Å². The van der Waals surface area contributed by atoms with Gasteiger partial charge in [0.15, 0.2) is 33.3 Å². The van der Waals surface area contributed by atoms with Crippen molar-refractivity contribution in [1.82, 2.24) is 0 Å². The minimum Gasteiger partial charge on any atom is -0.415 e. The highest BCUT2D eigenvalue weighted by molar-refractivity contribution is 6.71. The highest BCUT2D eigenvalue weighted by Crippen LogP contribution is 2.33. The van der Waals surface area contributed by atoms with E-state index >= 15 is 0 Å². The second kappa shape index (κ2) is 9.43. The summed E-state index contributed by atoms with van der Waals surface area (Å²) in [5.41, 5.74) is 0. The number of ether oxygens (including phenoxy) is 1. The van der Waals surface area contributed by atoms with E-state index in [9.17, 15) is 0 Å². The van der Waals surface area contributed by atoms with E-state index in [1.807, 2.05) is 0 Å². The highest BCUT2D eigenvalue weighted by atomic mass is 28.4. The summed E-state index contributed by atoms with van der Waals surface area (Å²) in [6.45, 7) is 29.3. The third-order valence-electron chi connectivity index (χ3n) is 4.02. The summed E-state index contributed by atoms with van der Waals surface area (Å²) in [5.74, 6) is 0. The van der Waals surface area contributed by atoms with E-state index in [1.165, 1.54) is 0 Å². The van der Waals surface area contributed by atoms with Crippen molar-refractivity contribution in [3.63, 3.8) is 0 Å². The molecule has 0 saturated carbocycles. The largest absolute Gasteiger partial charge is 0.415 e. The molecule has 5 nitrogen and oxygen atoms in total. The van der Waals surface area contributed by atoms with Crippen LogP contribution in [0.3, 0.4) is 0 Å². The van der Waals surface area contributed by atoms with Gasteiger partial charge in [-0.05, 0) is 85.5 Å². The summed E-state index contributed by atoms with van der Waals surface area (Å²) in [6, 6.07) is 0. The van der Waals surface area contributed by atoms with Gasteiger partial charge in [-0.1, -0.05) is 0 Å². The number of hydrogen-bond acceptors (Lipinski definition) is 5. The predicted molar refractivity (Wildman–Crippen MR) is 128 cm³/mol. The smallest absolute Gasteiger partial charge is 0.184 e. The van der Waals surface area contributed by atoms with Gasteiger partial charge in [0, 0.05) is 0 Å². The molecule has 9 heteroatoms. The van der Waals surface area contributed by atoms with E-state index in [2.05, 4.69) is 85.5 Å². The molecule has 2 unspecified atom stereocenters. The number of rotatable bonds is 9. The fourth-order valence-corrected chi connectivity index (χ4v) is 7.22. The first-order valence-electron chi connectivity index (χ1n) is 10.6. The van der Waals surface area contributed by atoms with Crippen LogP contribution in [0.2, 0.25) is 78.6 Å². The maximum absolute atomic E-state index is 6.74. The molecule has 0 spiro atoms. The van der Waals surface area contributed by atoms with Crippen molar-refractivity contribution in [3.05, 3.63) is 0 Å². The van der Waals surface area contributed by atoms with Crippen LogP contribution in [-0.4, -0.2) is 70.4 Å². The molecule has 1 aliphatic heterocycles. The molecule has 0 aromatic heterocycles. The Hall–Kier alpha value is 0.668. The molecule has 5 atom stereocenters. The third kappa shape index (κ3) is 10.1. The van der Waals surface area contributed by atoms with Crippen molar-refractivity contribution in [2.75, 3.05) is 6.61 Å². The lowest BCUT2D eigenvalue weighted by Gasteiger charge is -2.50. The standard InChI is InChI=1S/C19H46O5Si4/c1-15-17(22-26(5,6)7)19(24-28(11,12)13)18(23-27(8,9)10)16(21-15)14-20-25(2,3)4/h15-19H,14H2,1-13H3/t15-,16?,17?,18+,19+/m0/s1. The maximum Gasteiger partial charge on any atom is 0.184 e. The normalized spacial score (nSPS) is 30.5. The van der Waals surface area contributed by atoms with Crippen molar-refractivity contribution in [1.29, 1.82) is 0 Å². The zero-order valence-electron chi connectivity index (χ0n) is 20.6. The van der Waals surface area contributed by atoms with E-state index in [1.54, 1.807) is 0 Å². The molecule has 0 aliphatic carbocycles. The molecular formula is C19H46O5Si4. The molecular weight excluding hydrogens is 421 g/mol. The van der Waals surface area contributed by atoms with Crippen LogP contribution >= 0.6 is 0 Å². The maximum atomic E-state index is 6.74. The fourth-order valence-electron chi connectivity index (χ4n) is 3.23. The Morgan fingerprint density at radius 1 is 0.571 bits per heavy atom. The van der Waals surface area contributed by atoms with Gasteiger partial charge in [-0.25, -0.2) is 0 Å². The molecule has 0 N–H and O–H groups in total. The van der Waals surface area contributed by atoms with Crippen LogP contribution in [0.4, 0.5) is 0 Å². The quantitative estimate of drug-likeness (QED) is 0.432. The molecule has 28 heavy (non-hydrogen) atoms. The molecule has 1 aliphatic rings. The first kappa shape index (κ1) is 26.7. The fraction of sp³-hybridized carbons (Fsp3) is 1.00. The summed E-state index contributed by atoms with van der Waals surface area (Å²) < 4.78 is 32.7. The second-order valence-electron chi connectivity index (χ2n) is 11.9. The topological polar surface area (TPSA) is 46.2 Å². The van der Waals surface area contributed by atoms with Gasteiger partial charge in [0.1, 0.15) is 12.2 Å². The molecule has 1 rings (SSSR count). The van der Waals surface area contributed by atoms with Crippen LogP contribution in [0.5, 0.6) is 0 Å². The lowest BCUT2D eigenvalue weighted by Crippen LogP contribution is -2.65. The van der Waals surface area contributed by atoms with Gasteiger partial charge in [0.2, 0.25) is 0 Å². The Labute approximate surface area is 178 Å². The first-order chi connectivity index (χ1) is 12.3. The molecule has 168 valence electrons. The zero-order chi connectivity index (χ0) is 22.1. The second-order valence-corrected chi connectivity index (χ2v) is 29.8. The van der Waals surface area contributed by atoms with Crippen LogP contribution in [-0.2, 0) is 22.4 Å². The van der Waals surface area contributed by atoms with Crippen LogP contribution in [0.15, 0.2) is 0 Å². The van der Waals surface area contributed by atoms with Crippen molar-refractivity contribution in [2.45, 2.75) is 116 Å². The molecule has 0 amide bonds. The summed E-state index contributed by atoms with van der Waals surface area (Å²) >= 11 is 0. The summed E-state index contributed by atoms with van der Waals surface area (Å²) in [4.78, 5) is 0. The minimum absolute atomic E-state index is 0.0511. The molecule has 0 aromatic carbocycles. The average molecular weight is 467 g/mol. The van der Waals surface area contributed by atoms with Crippen molar-refractivity contribution in [3.8, 4) is 0 Å². The third-order valence-corrected chi connectivity index (χ3v) is 7.99. The van der Waals surface area contributed by atoms with Gasteiger partial charge < -0.3 is 22.4 Å². The molecule has 0 aromatic rings. The highest BCUT2D eigenvalue weighted by Gasteiger charge is 2.50. The molecule has 0 radical (unpaired) electrons. The van der Waals surface area contributed by atoms with Crippen LogP contribution < -0.4 is 0 Å². The van der Waals surface area contributed by atoms with Crippen LogP contribution in [0, 0.1) is 0 Å². The average Bonchev–Trinajstić information content (AvgIpc) is 2.39. The van der Waals surface area contributed by atoms with Crippen LogP contribution in [0.1, 0.15) is 6.92 Å².